The molecule has 0 fully saturated rings. The zero-order valence-electron chi connectivity index (χ0n) is 14.2. The van der Waals surface area contributed by atoms with Gasteiger partial charge in [-0.1, -0.05) is 32.0 Å². The van der Waals surface area contributed by atoms with Crippen molar-refractivity contribution in [2.45, 2.75) is 31.1 Å². The van der Waals surface area contributed by atoms with E-state index < -0.39 is 10.0 Å². The molecule has 0 aliphatic carbocycles. The third-order valence-electron chi connectivity index (χ3n) is 3.89. The fourth-order valence-corrected chi connectivity index (χ4v) is 2.82. The van der Waals surface area contributed by atoms with E-state index in [9.17, 15) is 13.2 Å². The molecule has 25 heavy (non-hydrogen) atoms. The molecule has 0 unspecified atom stereocenters. The number of nitrogens with one attached hydrogen (secondary N) is 1. The number of hydrogen-bond donors (Lipinski definition) is 2. The van der Waals surface area contributed by atoms with E-state index >= 15 is 0 Å². The zero-order chi connectivity index (χ0) is 18.4. The molecule has 0 aliphatic heterocycles. The summed E-state index contributed by atoms with van der Waals surface area (Å²) < 4.78 is 28.1. The highest BCUT2D eigenvalue weighted by Gasteiger charge is 2.12. The van der Waals surface area contributed by atoms with Gasteiger partial charge in [-0.2, -0.15) is 0 Å². The first-order valence-electron chi connectivity index (χ1n) is 7.95. The minimum absolute atomic E-state index is 0.00997. The molecule has 0 aromatic heterocycles. The number of carbonyl (C=O) groups excluding carboxylic acids is 1. The molecule has 2 rings (SSSR count). The van der Waals surface area contributed by atoms with Crippen LogP contribution in [-0.4, -0.2) is 20.9 Å². The van der Waals surface area contributed by atoms with Gasteiger partial charge >= 0.3 is 0 Å². The van der Waals surface area contributed by atoms with Crippen molar-refractivity contribution in [2.75, 3.05) is 11.9 Å². The summed E-state index contributed by atoms with van der Waals surface area (Å²) in [6.45, 7) is 4.07. The molecule has 0 radical (unpaired) electrons. The van der Waals surface area contributed by atoms with Crippen LogP contribution in [0.25, 0.3) is 0 Å². The molecule has 3 N–H and O–H groups in total. The molecular weight excluding hydrogens is 340 g/mol. The van der Waals surface area contributed by atoms with Crippen molar-refractivity contribution in [3.8, 4) is 5.75 Å². The van der Waals surface area contributed by atoms with Crippen LogP contribution in [0.1, 0.15) is 31.7 Å². The summed E-state index contributed by atoms with van der Waals surface area (Å²) in [7, 11) is -3.75. The van der Waals surface area contributed by atoms with E-state index in [4.69, 9.17) is 9.88 Å². The summed E-state index contributed by atoms with van der Waals surface area (Å²) in [5.74, 6) is 0.698. The molecule has 0 spiro atoms. The molecule has 134 valence electrons. The number of para-hydroxylation sites is 1. The Labute approximate surface area is 148 Å². The third-order valence-corrected chi connectivity index (χ3v) is 4.82. The largest absolute Gasteiger partial charge is 0.483 e. The molecule has 1 atom stereocenters. The van der Waals surface area contributed by atoms with Crippen LogP contribution < -0.4 is 15.2 Å². The van der Waals surface area contributed by atoms with Gasteiger partial charge in [-0.3, -0.25) is 4.79 Å². The van der Waals surface area contributed by atoms with Crippen LogP contribution in [-0.2, 0) is 14.8 Å². The lowest BCUT2D eigenvalue weighted by molar-refractivity contribution is -0.118. The normalized spacial score (nSPS) is 12.4. The van der Waals surface area contributed by atoms with Gasteiger partial charge in [0, 0.05) is 5.69 Å². The first kappa shape index (κ1) is 19.0. The number of anilines is 1. The smallest absolute Gasteiger partial charge is 0.262 e. The maximum absolute atomic E-state index is 12.0. The van der Waals surface area contributed by atoms with E-state index in [2.05, 4.69) is 19.2 Å². The van der Waals surface area contributed by atoms with Crippen LogP contribution in [0.4, 0.5) is 5.69 Å². The van der Waals surface area contributed by atoms with Crippen molar-refractivity contribution >= 4 is 21.6 Å². The topological polar surface area (TPSA) is 98.5 Å². The standard InChI is InChI=1S/C18H22N2O4S/c1-3-13(2)16-6-4-5-7-17(16)24-12-18(21)20-14-8-10-15(11-9-14)25(19,22)23/h4-11,13H,3,12H2,1-2H3,(H,20,21)(H2,19,22,23)/t13-/m1/s1. The van der Waals surface area contributed by atoms with Gasteiger partial charge in [-0.15, -0.1) is 0 Å². The lowest BCUT2D eigenvalue weighted by atomic mass is 9.98. The van der Waals surface area contributed by atoms with Crippen LogP contribution in [0, 0.1) is 0 Å². The van der Waals surface area contributed by atoms with Gasteiger partial charge in [0.2, 0.25) is 10.0 Å². The number of sulfonamides is 1. The average Bonchev–Trinajstić information content (AvgIpc) is 2.59. The molecule has 2 aromatic rings. The molecule has 7 heteroatoms. The summed E-state index contributed by atoms with van der Waals surface area (Å²) in [6, 6.07) is 13.3. The number of amides is 1. The number of ether oxygens (including phenoxy) is 1. The minimum atomic E-state index is -3.75. The predicted molar refractivity (Wildman–Crippen MR) is 97.1 cm³/mol. The van der Waals surface area contributed by atoms with Crippen molar-refractivity contribution in [1.29, 1.82) is 0 Å². The van der Waals surface area contributed by atoms with E-state index in [1.807, 2.05) is 24.3 Å². The van der Waals surface area contributed by atoms with E-state index in [1.165, 1.54) is 24.3 Å². The first-order chi connectivity index (χ1) is 11.8. The van der Waals surface area contributed by atoms with Crippen molar-refractivity contribution in [1.82, 2.24) is 0 Å². The Morgan fingerprint density at radius 3 is 2.40 bits per heavy atom. The SMILES string of the molecule is CC[C@@H](C)c1ccccc1OCC(=O)Nc1ccc(S(N)(=O)=O)cc1. The van der Waals surface area contributed by atoms with Crippen LogP contribution in [0.3, 0.4) is 0 Å². The zero-order valence-corrected chi connectivity index (χ0v) is 15.0. The molecule has 0 saturated carbocycles. The molecular formula is C18H22N2O4S. The van der Waals surface area contributed by atoms with E-state index in [0.717, 1.165) is 12.0 Å². The van der Waals surface area contributed by atoms with Gasteiger partial charge in [0.15, 0.2) is 6.61 Å². The fraction of sp³-hybridized carbons (Fsp3) is 0.278. The molecule has 6 nitrogen and oxygen atoms in total. The quantitative estimate of drug-likeness (QED) is 0.791. The molecule has 0 heterocycles. The highest BCUT2D eigenvalue weighted by Crippen LogP contribution is 2.28. The monoisotopic (exact) mass is 362 g/mol. The summed E-state index contributed by atoms with van der Waals surface area (Å²) in [6.07, 6.45) is 0.975. The number of carbonyl (C=O) groups is 1. The van der Waals surface area contributed by atoms with Crippen molar-refractivity contribution < 1.29 is 17.9 Å². The van der Waals surface area contributed by atoms with E-state index in [-0.39, 0.29) is 17.4 Å². The van der Waals surface area contributed by atoms with Crippen LogP contribution in [0.15, 0.2) is 53.4 Å². The summed E-state index contributed by atoms with van der Waals surface area (Å²) in [5.41, 5.74) is 1.53. The summed E-state index contributed by atoms with van der Waals surface area (Å²) in [4.78, 5) is 12.0. The van der Waals surface area contributed by atoms with Gasteiger partial charge in [-0.05, 0) is 48.2 Å². The second-order valence-corrected chi connectivity index (χ2v) is 7.31. The number of nitrogens with two attached hydrogens (primary N) is 1. The number of rotatable bonds is 7. The van der Waals surface area contributed by atoms with Gasteiger partial charge in [0.05, 0.1) is 4.90 Å². The maximum Gasteiger partial charge on any atom is 0.262 e. The Kier molecular flexibility index (Phi) is 6.17. The number of hydrogen-bond acceptors (Lipinski definition) is 4. The Hall–Kier alpha value is -2.38. The Morgan fingerprint density at radius 2 is 1.80 bits per heavy atom. The first-order valence-corrected chi connectivity index (χ1v) is 9.50. The molecule has 0 bridgehead atoms. The molecule has 1 amide bonds. The van der Waals surface area contributed by atoms with Crippen molar-refractivity contribution in [2.24, 2.45) is 5.14 Å². The molecule has 0 saturated heterocycles. The highest BCUT2D eigenvalue weighted by atomic mass is 32.2. The van der Waals surface area contributed by atoms with Crippen LogP contribution >= 0.6 is 0 Å². The van der Waals surface area contributed by atoms with Crippen LogP contribution in [0.2, 0.25) is 0 Å². The van der Waals surface area contributed by atoms with Gasteiger partial charge < -0.3 is 10.1 Å². The second kappa shape index (κ2) is 8.13. The lowest BCUT2D eigenvalue weighted by Gasteiger charge is -2.15. The molecule has 2 aromatic carbocycles. The average molecular weight is 362 g/mol. The summed E-state index contributed by atoms with van der Waals surface area (Å²) >= 11 is 0. The Morgan fingerprint density at radius 1 is 1.16 bits per heavy atom. The second-order valence-electron chi connectivity index (χ2n) is 5.75. The number of benzene rings is 2. The predicted octanol–water partition coefficient (Wildman–Crippen LogP) is 2.87. The summed E-state index contributed by atoms with van der Waals surface area (Å²) in [5, 5.41) is 7.69. The van der Waals surface area contributed by atoms with Gasteiger partial charge in [-0.25, -0.2) is 13.6 Å². The van der Waals surface area contributed by atoms with Gasteiger partial charge in [0.1, 0.15) is 5.75 Å². The van der Waals surface area contributed by atoms with E-state index in [0.29, 0.717) is 17.4 Å². The third kappa shape index (κ3) is 5.30. The van der Waals surface area contributed by atoms with Crippen molar-refractivity contribution in [3.05, 3.63) is 54.1 Å². The van der Waals surface area contributed by atoms with Crippen molar-refractivity contribution in [3.63, 3.8) is 0 Å². The van der Waals surface area contributed by atoms with Gasteiger partial charge in [0.25, 0.3) is 5.91 Å². The maximum atomic E-state index is 12.0. The Balaban J connectivity index is 1.98. The fourth-order valence-electron chi connectivity index (χ4n) is 2.31. The Bertz CT molecular complexity index is 832. The minimum Gasteiger partial charge on any atom is -0.483 e. The van der Waals surface area contributed by atoms with Crippen LogP contribution in [0.5, 0.6) is 5.75 Å². The van der Waals surface area contributed by atoms with E-state index in [1.54, 1.807) is 0 Å². The number of primary sulfonamides is 1. The highest BCUT2D eigenvalue weighted by molar-refractivity contribution is 7.89. The molecule has 0 aliphatic rings. The lowest BCUT2D eigenvalue weighted by Crippen LogP contribution is -2.20.